The Morgan fingerprint density at radius 1 is 1.39 bits per heavy atom. The van der Waals surface area contributed by atoms with Gasteiger partial charge in [0.2, 0.25) is 0 Å². The fourth-order valence-corrected chi connectivity index (χ4v) is 3.35. The van der Waals surface area contributed by atoms with Crippen LogP contribution in [0.5, 0.6) is 0 Å². The second kappa shape index (κ2) is 4.58. The predicted octanol–water partition coefficient (Wildman–Crippen LogP) is 1.48. The van der Waals surface area contributed by atoms with Gasteiger partial charge in [-0.2, -0.15) is 5.26 Å². The van der Waals surface area contributed by atoms with Crippen molar-refractivity contribution in [3.63, 3.8) is 0 Å². The average Bonchev–Trinajstić information content (AvgIpc) is 2.81. The van der Waals surface area contributed by atoms with Crippen LogP contribution in [0.3, 0.4) is 0 Å². The standard InChI is InChI=1S/C14H18N4/c1-17-6-4-14-11(10-17)3-7-18(14)13-2-5-16-12(8-13)9-15/h2,5,8,11,14H,3-4,6-7,10H2,1H3/t11-,14?/m1/s1. The van der Waals surface area contributed by atoms with Crippen LogP contribution in [0.25, 0.3) is 0 Å². The van der Waals surface area contributed by atoms with E-state index in [2.05, 4.69) is 27.9 Å². The molecule has 2 atom stereocenters. The quantitative estimate of drug-likeness (QED) is 0.748. The third-order valence-corrected chi connectivity index (χ3v) is 4.23. The van der Waals surface area contributed by atoms with Crippen molar-refractivity contribution in [2.24, 2.45) is 5.92 Å². The van der Waals surface area contributed by atoms with E-state index >= 15 is 0 Å². The van der Waals surface area contributed by atoms with Crippen molar-refractivity contribution >= 4 is 5.69 Å². The van der Waals surface area contributed by atoms with Gasteiger partial charge in [0.15, 0.2) is 0 Å². The number of rotatable bonds is 1. The van der Waals surface area contributed by atoms with Crippen LogP contribution in [0, 0.1) is 17.2 Å². The van der Waals surface area contributed by atoms with Crippen molar-refractivity contribution in [3.8, 4) is 6.07 Å². The van der Waals surface area contributed by atoms with Crippen molar-refractivity contribution in [1.82, 2.24) is 9.88 Å². The molecule has 2 aliphatic heterocycles. The summed E-state index contributed by atoms with van der Waals surface area (Å²) in [5.41, 5.74) is 1.68. The van der Waals surface area contributed by atoms with E-state index in [0.717, 1.165) is 12.5 Å². The predicted molar refractivity (Wildman–Crippen MR) is 70.3 cm³/mol. The van der Waals surface area contributed by atoms with Gasteiger partial charge < -0.3 is 9.80 Å². The summed E-state index contributed by atoms with van der Waals surface area (Å²) in [4.78, 5) is 8.95. The molecule has 0 saturated carbocycles. The number of nitriles is 1. The highest BCUT2D eigenvalue weighted by Crippen LogP contribution is 2.34. The fourth-order valence-electron chi connectivity index (χ4n) is 3.35. The smallest absolute Gasteiger partial charge is 0.142 e. The van der Waals surface area contributed by atoms with Crippen molar-refractivity contribution in [2.75, 3.05) is 31.6 Å². The minimum atomic E-state index is 0.517. The lowest BCUT2D eigenvalue weighted by Crippen LogP contribution is -2.44. The lowest BCUT2D eigenvalue weighted by atomic mass is 9.93. The maximum atomic E-state index is 8.93. The van der Waals surface area contributed by atoms with E-state index in [1.807, 2.05) is 12.1 Å². The second-order valence-electron chi connectivity index (χ2n) is 5.37. The van der Waals surface area contributed by atoms with E-state index < -0.39 is 0 Å². The zero-order chi connectivity index (χ0) is 12.5. The van der Waals surface area contributed by atoms with Crippen LogP contribution in [0.2, 0.25) is 0 Å². The Kier molecular flexibility index (Phi) is 2.92. The average molecular weight is 242 g/mol. The first-order chi connectivity index (χ1) is 8.78. The third kappa shape index (κ3) is 1.95. The Morgan fingerprint density at radius 2 is 2.28 bits per heavy atom. The van der Waals surface area contributed by atoms with Crippen LogP contribution in [-0.2, 0) is 0 Å². The minimum Gasteiger partial charge on any atom is -0.368 e. The minimum absolute atomic E-state index is 0.517. The van der Waals surface area contributed by atoms with Gasteiger partial charge in [-0.25, -0.2) is 4.98 Å². The molecular formula is C14H18N4. The van der Waals surface area contributed by atoms with E-state index in [-0.39, 0.29) is 0 Å². The molecule has 0 amide bonds. The number of pyridine rings is 1. The lowest BCUT2D eigenvalue weighted by molar-refractivity contribution is 0.202. The van der Waals surface area contributed by atoms with Crippen molar-refractivity contribution in [1.29, 1.82) is 5.26 Å². The van der Waals surface area contributed by atoms with Crippen molar-refractivity contribution < 1.29 is 0 Å². The summed E-state index contributed by atoms with van der Waals surface area (Å²) >= 11 is 0. The maximum Gasteiger partial charge on any atom is 0.142 e. The van der Waals surface area contributed by atoms with Gasteiger partial charge in [0.05, 0.1) is 0 Å². The van der Waals surface area contributed by atoms with Crippen LogP contribution in [0.4, 0.5) is 5.69 Å². The molecule has 0 radical (unpaired) electrons. The third-order valence-electron chi connectivity index (χ3n) is 4.23. The Morgan fingerprint density at radius 3 is 3.11 bits per heavy atom. The van der Waals surface area contributed by atoms with Crippen LogP contribution in [0.15, 0.2) is 18.3 Å². The van der Waals surface area contributed by atoms with Gasteiger partial charge in [-0.15, -0.1) is 0 Å². The molecule has 0 aliphatic carbocycles. The molecule has 4 heteroatoms. The van der Waals surface area contributed by atoms with Gasteiger partial charge in [-0.3, -0.25) is 0 Å². The molecule has 18 heavy (non-hydrogen) atoms. The summed E-state index contributed by atoms with van der Waals surface area (Å²) in [6.07, 6.45) is 4.24. The maximum absolute atomic E-state index is 8.93. The number of hydrogen-bond acceptors (Lipinski definition) is 4. The Labute approximate surface area is 108 Å². The van der Waals surface area contributed by atoms with Gasteiger partial charge in [-0.1, -0.05) is 0 Å². The molecule has 1 aromatic rings. The first kappa shape index (κ1) is 11.5. The van der Waals surface area contributed by atoms with Gasteiger partial charge in [0.25, 0.3) is 0 Å². The Hall–Kier alpha value is -1.60. The van der Waals surface area contributed by atoms with Crippen LogP contribution in [-0.4, -0.2) is 42.6 Å². The number of likely N-dealkylation sites (tertiary alicyclic amines) is 1. The molecule has 2 saturated heterocycles. The molecule has 0 N–H and O–H groups in total. The van der Waals surface area contributed by atoms with Crippen LogP contribution >= 0.6 is 0 Å². The largest absolute Gasteiger partial charge is 0.368 e. The highest BCUT2D eigenvalue weighted by molar-refractivity contribution is 5.51. The van der Waals surface area contributed by atoms with Gasteiger partial charge in [-0.05, 0) is 44.5 Å². The van der Waals surface area contributed by atoms with Gasteiger partial charge >= 0.3 is 0 Å². The number of fused-ring (bicyclic) bond motifs is 1. The summed E-state index contributed by atoms with van der Waals surface area (Å²) in [6, 6.07) is 6.72. The molecule has 2 fully saturated rings. The zero-order valence-electron chi connectivity index (χ0n) is 10.7. The first-order valence-corrected chi connectivity index (χ1v) is 6.59. The van der Waals surface area contributed by atoms with Crippen LogP contribution in [0.1, 0.15) is 18.5 Å². The number of nitrogens with zero attached hydrogens (tertiary/aromatic N) is 4. The fraction of sp³-hybridized carbons (Fsp3) is 0.571. The Balaban J connectivity index is 1.83. The van der Waals surface area contributed by atoms with E-state index in [0.29, 0.717) is 11.7 Å². The molecule has 3 rings (SSSR count). The van der Waals surface area contributed by atoms with Gasteiger partial charge in [0, 0.05) is 31.0 Å². The van der Waals surface area contributed by atoms with E-state index in [9.17, 15) is 0 Å². The normalized spacial score (nSPS) is 27.9. The molecule has 3 heterocycles. The molecule has 4 nitrogen and oxygen atoms in total. The number of piperidine rings is 1. The molecule has 0 spiro atoms. The molecule has 94 valence electrons. The summed E-state index contributed by atoms with van der Waals surface area (Å²) in [5, 5.41) is 8.93. The topological polar surface area (TPSA) is 43.2 Å². The summed E-state index contributed by atoms with van der Waals surface area (Å²) in [7, 11) is 2.21. The first-order valence-electron chi connectivity index (χ1n) is 6.59. The number of aromatic nitrogens is 1. The highest BCUT2D eigenvalue weighted by Gasteiger charge is 2.37. The molecule has 0 bridgehead atoms. The summed E-state index contributed by atoms with van der Waals surface area (Å²) in [6.45, 7) is 3.49. The molecule has 1 unspecified atom stereocenters. The summed E-state index contributed by atoms with van der Waals surface area (Å²) in [5.74, 6) is 0.780. The zero-order valence-corrected chi connectivity index (χ0v) is 10.7. The monoisotopic (exact) mass is 242 g/mol. The van der Waals surface area contributed by atoms with E-state index in [1.54, 1.807) is 6.20 Å². The van der Waals surface area contributed by atoms with Crippen LogP contribution < -0.4 is 4.90 Å². The van der Waals surface area contributed by atoms with E-state index in [1.165, 1.54) is 31.6 Å². The van der Waals surface area contributed by atoms with E-state index in [4.69, 9.17) is 5.26 Å². The number of hydrogen-bond donors (Lipinski definition) is 0. The lowest BCUT2D eigenvalue weighted by Gasteiger charge is -2.37. The molecular weight excluding hydrogens is 224 g/mol. The SMILES string of the molecule is CN1CCC2[C@H](CCN2c2ccnc(C#N)c2)C1. The molecule has 2 aliphatic rings. The van der Waals surface area contributed by atoms with Crippen molar-refractivity contribution in [3.05, 3.63) is 24.0 Å². The summed E-state index contributed by atoms with van der Waals surface area (Å²) < 4.78 is 0. The second-order valence-corrected chi connectivity index (χ2v) is 5.37. The molecule has 1 aromatic heterocycles. The van der Waals surface area contributed by atoms with Gasteiger partial charge in [0.1, 0.15) is 11.8 Å². The number of anilines is 1. The highest BCUT2D eigenvalue weighted by atomic mass is 15.2. The molecule has 0 aromatic carbocycles. The van der Waals surface area contributed by atoms with Crippen molar-refractivity contribution in [2.45, 2.75) is 18.9 Å². The Bertz CT molecular complexity index is 479.